The van der Waals surface area contributed by atoms with Crippen molar-refractivity contribution in [2.24, 2.45) is 0 Å². The lowest BCUT2D eigenvalue weighted by Crippen LogP contribution is -2.74. The normalized spacial score (nSPS) is 29.4. The second-order valence-corrected chi connectivity index (χ2v) is 10.8. The van der Waals surface area contributed by atoms with Gasteiger partial charge in [0.05, 0.1) is 28.3 Å². The van der Waals surface area contributed by atoms with E-state index in [1.165, 1.54) is 12.3 Å². The average Bonchev–Trinajstić information content (AvgIpc) is 3.08. The van der Waals surface area contributed by atoms with Gasteiger partial charge in [0, 0.05) is 18.2 Å². The smallest absolute Gasteiger partial charge is 0.279 e. The highest BCUT2D eigenvalue weighted by molar-refractivity contribution is 9.11. The first-order valence-corrected chi connectivity index (χ1v) is 11.2. The first-order valence-electron chi connectivity index (χ1n) is 7.82. The number of thiazole rings is 1. The lowest BCUT2D eigenvalue weighted by molar-refractivity contribution is -0.122. The highest BCUT2D eigenvalue weighted by Gasteiger charge is 2.59. The molecule has 2 aromatic rings. The van der Waals surface area contributed by atoms with Gasteiger partial charge in [0.15, 0.2) is 0 Å². The predicted octanol–water partition coefficient (Wildman–Crippen LogP) is 1.26. The van der Waals surface area contributed by atoms with Gasteiger partial charge in [0.1, 0.15) is 26.5 Å². The lowest BCUT2D eigenvalue weighted by atomic mass is 9.47. The standard InChI is InChI=1S/C14H10B3BrClFN4O3S2/c1-24-14(17,11(25)22-6-2-3-8(20)7(19)4-6)10(15)13(16,23-29(24,26)27)12-21-5-9(18)28-12/h2-5,10,23H,1H3,(H,22,25). The van der Waals surface area contributed by atoms with Gasteiger partial charge in [0.25, 0.3) is 10.2 Å². The fourth-order valence-corrected chi connectivity index (χ4v) is 5.73. The number of nitrogens with one attached hydrogen (secondary N) is 2. The van der Waals surface area contributed by atoms with Gasteiger partial charge in [-0.15, -0.1) is 11.3 Å². The molecule has 2 heterocycles. The van der Waals surface area contributed by atoms with Crippen LogP contribution in [-0.2, 0) is 20.4 Å². The SMILES string of the molecule is [B]C1C([B])(c2ncc(Br)s2)NS(=O)(=O)N(C)C1([B])C(=O)Nc1ccc(F)c(Cl)c1. The summed E-state index contributed by atoms with van der Waals surface area (Å²) in [4.78, 5) is 17.1. The summed E-state index contributed by atoms with van der Waals surface area (Å²) in [5, 5.41) is 2.26. The summed E-state index contributed by atoms with van der Waals surface area (Å²) < 4.78 is 42.2. The van der Waals surface area contributed by atoms with Crippen LogP contribution in [0.1, 0.15) is 5.01 Å². The van der Waals surface area contributed by atoms with Gasteiger partial charge in [-0.1, -0.05) is 11.6 Å². The van der Waals surface area contributed by atoms with Crippen LogP contribution in [0.2, 0.25) is 10.8 Å². The molecule has 3 unspecified atom stereocenters. The molecule has 0 aliphatic carbocycles. The summed E-state index contributed by atoms with van der Waals surface area (Å²) in [5.74, 6) is -3.16. The summed E-state index contributed by atoms with van der Waals surface area (Å²) >= 11 is 9.96. The second-order valence-electron chi connectivity index (χ2n) is 6.30. The molecule has 6 radical (unpaired) electrons. The molecule has 1 saturated heterocycles. The van der Waals surface area contributed by atoms with Crippen LogP contribution in [0.25, 0.3) is 0 Å². The van der Waals surface area contributed by atoms with Crippen LogP contribution < -0.4 is 10.0 Å². The lowest BCUT2D eigenvalue weighted by Gasteiger charge is -2.54. The summed E-state index contributed by atoms with van der Waals surface area (Å²) in [7, 11) is 15.5. The van der Waals surface area contributed by atoms with Gasteiger partial charge in [0.2, 0.25) is 5.91 Å². The van der Waals surface area contributed by atoms with Crippen LogP contribution >= 0.6 is 38.9 Å². The Morgan fingerprint density at radius 3 is 2.69 bits per heavy atom. The molecule has 1 aromatic heterocycles. The third kappa shape index (κ3) is 3.79. The Bertz CT molecular complexity index is 1090. The number of rotatable bonds is 3. The van der Waals surface area contributed by atoms with Gasteiger partial charge in [-0.05, 0) is 39.9 Å². The van der Waals surface area contributed by atoms with Crippen molar-refractivity contribution in [2.75, 3.05) is 12.4 Å². The minimum absolute atomic E-state index is 0.0855. The van der Waals surface area contributed by atoms with E-state index in [2.05, 4.69) is 31.0 Å². The zero-order valence-electron chi connectivity index (χ0n) is 14.7. The minimum atomic E-state index is -4.34. The number of anilines is 1. The maximum atomic E-state index is 13.4. The minimum Gasteiger partial charge on any atom is -0.325 e. The third-order valence-corrected chi connectivity index (χ3v) is 8.05. The highest BCUT2D eigenvalue weighted by Crippen LogP contribution is 2.45. The maximum absolute atomic E-state index is 13.4. The fraction of sp³-hybridized carbons (Fsp3) is 0.286. The molecule has 3 atom stereocenters. The topological polar surface area (TPSA) is 91.4 Å². The van der Waals surface area contributed by atoms with Gasteiger partial charge < -0.3 is 5.32 Å². The van der Waals surface area contributed by atoms with Crippen molar-refractivity contribution < 1.29 is 17.6 Å². The van der Waals surface area contributed by atoms with Crippen molar-refractivity contribution in [1.29, 1.82) is 0 Å². The number of aromatic nitrogens is 1. The summed E-state index contributed by atoms with van der Waals surface area (Å²) in [6.07, 6.45) is 1.41. The number of nitrogens with zero attached hydrogens (tertiary/aromatic N) is 2. The van der Waals surface area contributed by atoms with E-state index in [1.807, 2.05) is 0 Å². The number of likely N-dealkylation sites (N-methyl/N-ethyl adjacent to an activating group) is 1. The molecule has 15 heteroatoms. The Labute approximate surface area is 188 Å². The van der Waals surface area contributed by atoms with Crippen molar-refractivity contribution in [2.45, 2.75) is 16.7 Å². The fourth-order valence-electron chi connectivity index (χ4n) is 2.80. The van der Waals surface area contributed by atoms with Gasteiger partial charge >= 0.3 is 0 Å². The van der Waals surface area contributed by atoms with Crippen LogP contribution in [0, 0.1) is 5.82 Å². The molecule has 7 nitrogen and oxygen atoms in total. The predicted molar refractivity (Wildman–Crippen MR) is 115 cm³/mol. The van der Waals surface area contributed by atoms with Crippen LogP contribution in [0.4, 0.5) is 10.1 Å². The Balaban J connectivity index is 2.06. The molecule has 3 rings (SSSR count). The highest BCUT2D eigenvalue weighted by atomic mass is 79.9. The van der Waals surface area contributed by atoms with E-state index >= 15 is 0 Å². The van der Waals surface area contributed by atoms with E-state index in [9.17, 15) is 17.6 Å². The Kier molecular flexibility index (Phi) is 6.00. The van der Waals surface area contributed by atoms with E-state index in [0.717, 1.165) is 30.5 Å². The van der Waals surface area contributed by atoms with E-state index in [4.69, 9.17) is 35.1 Å². The quantitative estimate of drug-likeness (QED) is 0.606. The number of carbonyl (C=O) groups excluding carboxylic acids is 1. The maximum Gasteiger partial charge on any atom is 0.279 e. The van der Waals surface area contributed by atoms with E-state index in [-0.39, 0.29) is 15.7 Å². The molecule has 29 heavy (non-hydrogen) atoms. The number of carbonyl (C=O) groups is 1. The van der Waals surface area contributed by atoms with Crippen molar-refractivity contribution in [3.05, 3.63) is 44.0 Å². The number of benzene rings is 1. The van der Waals surface area contributed by atoms with Gasteiger partial charge in [-0.3, -0.25) is 4.79 Å². The first-order chi connectivity index (χ1) is 13.3. The number of hydrogen-bond acceptors (Lipinski definition) is 5. The molecule has 1 amide bonds. The largest absolute Gasteiger partial charge is 0.325 e. The molecule has 0 saturated carbocycles. The molecular formula is C14H10B3BrClFN4O3S2. The van der Waals surface area contributed by atoms with Crippen LogP contribution in [0.15, 0.2) is 28.2 Å². The Morgan fingerprint density at radius 1 is 1.48 bits per heavy atom. The Morgan fingerprint density at radius 2 is 2.14 bits per heavy atom. The molecule has 1 aliphatic heterocycles. The van der Waals surface area contributed by atoms with Crippen molar-refractivity contribution in [1.82, 2.24) is 14.0 Å². The molecule has 2 N–H and O–H groups in total. The van der Waals surface area contributed by atoms with Crippen LogP contribution in [0.5, 0.6) is 0 Å². The van der Waals surface area contributed by atoms with Crippen LogP contribution in [-0.4, -0.2) is 59.6 Å². The zero-order chi connectivity index (χ0) is 21.8. The molecule has 0 bridgehead atoms. The second kappa shape index (κ2) is 7.65. The molecule has 146 valence electrons. The molecular weight excluding hydrogens is 503 g/mol. The molecule has 1 fully saturated rings. The zero-order valence-corrected chi connectivity index (χ0v) is 18.7. The molecule has 1 aliphatic rings. The monoisotopic (exact) mass is 512 g/mol. The van der Waals surface area contributed by atoms with Crippen molar-refractivity contribution >= 4 is 84.2 Å². The molecule has 1 aromatic carbocycles. The van der Waals surface area contributed by atoms with Crippen molar-refractivity contribution in [3.63, 3.8) is 0 Å². The first kappa shape index (κ1) is 22.8. The average molecular weight is 513 g/mol. The summed E-state index contributed by atoms with van der Waals surface area (Å²) in [6.45, 7) is 0. The van der Waals surface area contributed by atoms with E-state index in [0.29, 0.717) is 8.09 Å². The van der Waals surface area contributed by atoms with Crippen LogP contribution in [0.3, 0.4) is 0 Å². The number of hydrogen-bond donors (Lipinski definition) is 2. The molecule has 0 spiro atoms. The Hall–Kier alpha value is -0.915. The van der Waals surface area contributed by atoms with E-state index in [1.54, 1.807) is 0 Å². The number of halogens is 3. The summed E-state index contributed by atoms with van der Waals surface area (Å²) in [5.41, 5.74) is -4.21. The van der Waals surface area contributed by atoms with Gasteiger partial charge in [-0.25, -0.2) is 9.37 Å². The van der Waals surface area contributed by atoms with E-state index < -0.39 is 38.6 Å². The van der Waals surface area contributed by atoms with Crippen molar-refractivity contribution in [3.8, 4) is 0 Å². The van der Waals surface area contributed by atoms with Gasteiger partial charge in [-0.2, -0.15) is 17.4 Å². The summed E-state index contributed by atoms with van der Waals surface area (Å²) in [6, 6.07) is 3.41. The third-order valence-electron chi connectivity index (χ3n) is 4.52. The number of amides is 1.